The molecular weight excluding hydrogens is 320 g/mol. The second-order valence-electron chi connectivity index (χ2n) is 6.60. The molecule has 0 atom stereocenters. The second-order valence-corrected chi connectivity index (χ2v) is 6.60. The number of ether oxygens (including phenoxy) is 1. The van der Waals surface area contributed by atoms with Crippen LogP contribution in [-0.2, 0) is 11.3 Å². The van der Waals surface area contributed by atoms with Gasteiger partial charge in [0.15, 0.2) is 0 Å². The molecule has 2 amide bonds. The molecule has 25 heavy (non-hydrogen) atoms. The Hall–Kier alpha value is -2.83. The fraction of sp³-hybridized carbons (Fsp3) is 0.389. The monoisotopic (exact) mass is 340 g/mol. The maximum absolute atomic E-state index is 12.3. The molecule has 7 heteroatoms. The Labute approximate surface area is 145 Å². The summed E-state index contributed by atoms with van der Waals surface area (Å²) in [6.07, 6.45) is 1.87. The molecule has 0 radical (unpaired) electrons. The third kappa shape index (κ3) is 3.65. The van der Waals surface area contributed by atoms with Crippen molar-refractivity contribution in [3.05, 3.63) is 53.3 Å². The average molecular weight is 340 g/mol. The molecule has 2 aromatic rings. The molecule has 2 aliphatic rings. The quantitative estimate of drug-likeness (QED) is 0.872. The van der Waals surface area contributed by atoms with E-state index >= 15 is 0 Å². The zero-order chi connectivity index (χ0) is 17.2. The number of aromatic nitrogens is 2. The molecule has 1 saturated carbocycles. The minimum absolute atomic E-state index is 0.0749. The maximum atomic E-state index is 12.3. The summed E-state index contributed by atoms with van der Waals surface area (Å²) in [4.78, 5) is 25.8. The van der Waals surface area contributed by atoms with Crippen LogP contribution in [0.3, 0.4) is 0 Å². The fourth-order valence-electron chi connectivity index (χ4n) is 2.88. The Morgan fingerprint density at radius 1 is 1.24 bits per heavy atom. The largest absolute Gasteiger partial charge is 0.445 e. The number of hydrogen-bond donors (Lipinski definition) is 2. The van der Waals surface area contributed by atoms with Crippen LogP contribution >= 0.6 is 0 Å². The highest BCUT2D eigenvalue weighted by Crippen LogP contribution is 2.39. The van der Waals surface area contributed by atoms with E-state index in [0.717, 1.165) is 24.1 Å². The molecule has 4 rings (SSSR count). The van der Waals surface area contributed by atoms with Gasteiger partial charge in [0.05, 0.1) is 6.04 Å². The summed E-state index contributed by atoms with van der Waals surface area (Å²) < 4.78 is 5.18. The Kier molecular flexibility index (Phi) is 4.13. The van der Waals surface area contributed by atoms with E-state index in [9.17, 15) is 9.59 Å². The minimum Gasteiger partial charge on any atom is -0.445 e. The molecular formula is C18H20N4O3. The van der Waals surface area contributed by atoms with Crippen LogP contribution in [0.2, 0.25) is 0 Å². The number of nitrogens with zero attached hydrogens (tertiary/aromatic N) is 2. The minimum atomic E-state index is -0.461. The number of rotatable bonds is 5. The van der Waals surface area contributed by atoms with Crippen molar-refractivity contribution in [2.24, 2.45) is 0 Å². The van der Waals surface area contributed by atoms with Crippen molar-refractivity contribution in [1.29, 1.82) is 0 Å². The molecule has 0 unspecified atom stereocenters. The predicted molar refractivity (Wildman–Crippen MR) is 90.0 cm³/mol. The summed E-state index contributed by atoms with van der Waals surface area (Å²) in [5, 5.41) is 9.81. The molecule has 1 aliphatic carbocycles. The summed E-state index contributed by atoms with van der Waals surface area (Å²) in [6.45, 7) is 1.19. The molecule has 2 N–H and O–H groups in total. The van der Waals surface area contributed by atoms with Crippen LogP contribution in [0.4, 0.5) is 4.79 Å². The van der Waals surface area contributed by atoms with Gasteiger partial charge in [0.2, 0.25) is 0 Å². The first-order chi connectivity index (χ1) is 12.2. The summed E-state index contributed by atoms with van der Waals surface area (Å²) >= 11 is 0. The number of carbonyl (C=O) groups is 2. The smallest absolute Gasteiger partial charge is 0.407 e. The first-order valence-corrected chi connectivity index (χ1v) is 8.51. The number of aromatic amines is 1. The average Bonchev–Trinajstić information content (AvgIpc) is 3.33. The number of nitrogens with one attached hydrogen (secondary N) is 2. The van der Waals surface area contributed by atoms with Crippen LogP contribution < -0.4 is 5.32 Å². The van der Waals surface area contributed by atoms with Gasteiger partial charge in [-0.2, -0.15) is 5.10 Å². The van der Waals surface area contributed by atoms with Crippen molar-refractivity contribution in [3.63, 3.8) is 0 Å². The van der Waals surface area contributed by atoms with Crippen LogP contribution in [0, 0.1) is 0 Å². The molecule has 0 spiro atoms. The van der Waals surface area contributed by atoms with Gasteiger partial charge in [-0.15, -0.1) is 0 Å². The van der Waals surface area contributed by atoms with Gasteiger partial charge in [0.25, 0.3) is 5.91 Å². The lowest BCUT2D eigenvalue weighted by molar-refractivity contribution is 0.0540. The number of hydrogen-bond acceptors (Lipinski definition) is 4. The molecule has 0 bridgehead atoms. The van der Waals surface area contributed by atoms with Gasteiger partial charge in [-0.25, -0.2) is 4.79 Å². The van der Waals surface area contributed by atoms with Crippen molar-refractivity contribution < 1.29 is 14.3 Å². The zero-order valence-corrected chi connectivity index (χ0v) is 13.8. The summed E-state index contributed by atoms with van der Waals surface area (Å²) in [6, 6.07) is 11.3. The van der Waals surface area contributed by atoms with Crippen LogP contribution in [-0.4, -0.2) is 46.2 Å². The lowest BCUT2D eigenvalue weighted by atomic mass is 10.1. The molecule has 1 aliphatic heterocycles. The maximum Gasteiger partial charge on any atom is 0.407 e. The number of amides is 2. The molecule has 2 fully saturated rings. The van der Waals surface area contributed by atoms with Gasteiger partial charge in [-0.05, 0) is 24.5 Å². The molecule has 1 aromatic heterocycles. The Morgan fingerprint density at radius 2 is 2.00 bits per heavy atom. The molecule has 1 saturated heterocycles. The zero-order valence-electron chi connectivity index (χ0n) is 13.8. The first kappa shape index (κ1) is 15.7. The number of H-pyrrole nitrogens is 1. The van der Waals surface area contributed by atoms with Crippen LogP contribution in [0.1, 0.15) is 40.5 Å². The topological polar surface area (TPSA) is 87.3 Å². The van der Waals surface area contributed by atoms with E-state index in [4.69, 9.17) is 4.74 Å². The lowest BCUT2D eigenvalue weighted by Gasteiger charge is -2.38. The second kappa shape index (κ2) is 6.58. The Bertz CT molecular complexity index is 764. The SMILES string of the molecule is O=C(NC1CN(C(=O)c2cc(C3CC3)[nH]n2)C1)OCc1ccccc1. The van der Waals surface area contributed by atoms with Gasteiger partial charge >= 0.3 is 6.09 Å². The highest BCUT2D eigenvalue weighted by atomic mass is 16.5. The van der Waals surface area contributed by atoms with E-state index < -0.39 is 6.09 Å². The van der Waals surface area contributed by atoms with Crippen molar-refractivity contribution in [2.45, 2.75) is 31.4 Å². The molecule has 7 nitrogen and oxygen atoms in total. The van der Waals surface area contributed by atoms with E-state index in [2.05, 4.69) is 15.5 Å². The van der Waals surface area contributed by atoms with Gasteiger partial charge < -0.3 is 15.0 Å². The van der Waals surface area contributed by atoms with Crippen LogP contribution in [0.15, 0.2) is 36.4 Å². The molecule has 2 heterocycles. The first-order valence-electron chi connectivity index (χ1n) is 8.51. The van der Waals surface area contributed by atoms with Crippen LogP contribution in [0.5, 0.6) is 0 Å². The highest BCUT2D eigenvalue weighted by molar-refractivity contribution is 5.93. The van der Waals surface area contributed by atoms with Crippen LogP contribution in [0.25, 0.3) is 0 Å². The van der Waals surface area contributed by atoms with Crippen molar-refractivity contribution in [3.8, 4) is 0 Å². The van der Waals surface area contributed by atoms with Crippen molar-refractivity contribution in [1.82, 2.24) is 20.4 Å². The number of benzene rings is 1. The third-order valence-corrected chi connectivity index (χ3v) is 4.54. The van der Waals surface area contributed by atoms with E-state index in [0.29, 0.717) is 24.7 Å². The fourth-order valence-corrected chi connectivity index (χ4v) is 2.88. The highest BCUT2D eigenvalue weighted by Gasteiger charge is 2.34. The van der Waals surface area contributed by atoms with Gasteiger partial charge in [-0.1, -0.05) is 30.3 Å². The number of alkyl carbamates (subject to hydrolysis) is 1. The van der Waals surface area contributed by atoms with E-state index in [1.54, 1.807) is 4.90 Å². The van der Waals surface area contributed by atoms with Crippen molar-refractivity contribution >= 4 is 12.0 Å². The molecule has 130 valence electrons. The summed E-state index contributed by atoms with van der Waals surface area (Å²) in [5.41, 5.74) is 2.43. The van der Waals surface area contributed by atoms with Gasteiger partial charge in [-0.3, -0.25) is 9.89 Å². The Morgan fingerprint density at radius 3 is 2.72 bits per heavy atom. The normalized spacial score (nSPS) is 17.0. The van der Waals surface area contributed by atoms with Gasteiger partial charge in [0, 0.05) is 24.7 Å². The Balaban J connectivity index is 1.20. The lowest BCUT2D eigenvalue weighted by Crippen LogP contribution is -2.61. The molecule has 1 aromatic carbocycles. The summed E-state index contributed by atoms with van der Waals surface area (Å²) in [5.74, 6) is 0.443. The van der Waals surface area contributed by atoms with E-state index in [1.807, 2.05) is 36.4 Å². The standard InChI is InChI=1S/C18H20N4O3/c23-17(16-8-15(20-21-16)13-6-7-13)22-9-14(10-22)19-18(24)25-11-12-4-2-1-3-5-12/h1-5,8,13-14H,6-7,9-11H2,(H,19,24)(H,20,21). The van der Waals surface area contributed by atoms with E-state index in [-0.39, 0.29) is 18.6 Å². The predicted octanol–water partition coefficient (Wildman–Crippen LogP) is 2.04. The number of likely N-dealkylation sites (tertiary alicyclic amines) is 1. The summed E-state index contributed by atoms with van der Waals surface area (Å²) in [7, 11) is 0. The van der Waals surface area contributed by atoms with Crippen molar-refractivity contribution in [2.75, 3.05) is 13.1 Å². The number of carbonyl (C=O) groups excluding carboxylic acids is 2. The van der Waals surface area contributed by atoms with E-state index in [1.165, 1.54) is 0 Å². The van der Waals surface area contributed by atoms with Gasteiger partial charge in [0.1, 0.15) is 12.3 Å². The third-order valence-electron chi connectivity index (χ3n) is 4.54.